The number of aromatic carboxylic acids is 1. The van der Waals surface area contributed by atoms with E-state index in [0.29, 0.717) is 5.56 Å². The SMILES string of the molecule is CCCCc1cn(C)c2c(C(C)(C)C)cc(C(=O)O)cc12. The van der Waals surface area contributed by atoms with Crippen molar-refractivity contribution in [3.8, 4) is 0 Å². The molecule has 0 fully saturated rings. The Morgan fingerprint density at radius 1 is 1.29 bits per heavy atom. The Hall–Kier alpha value is -1.77. The van der Waals surface area contributed by atoms with Gasteiger partial charge in [-0.25, -0.2) is 4.79 Å². The fourth-order valence-corrected chi connectivity index (χ4v) is 2.89. The van der Waals surface area contributed by atoms with Crippen LogP contribution in [0.15, 0.2) is 18.3 Å². The molecule has 3 heteroatoms. The molecule has 0 bridgehead atoms. The second-order valence-corrected chi connectivity index (χ2v) is 6.84. The third-order valence-electron chi connectivity index (χ3n) is 4.01. The average Bonchev–Trinajstić information content (AvgIpc) is 2.71. The largest absolute Gasteiger partial charge is 0.478 e. The molecule has 2 rings (SSSR count). The highest BCUT2D eigenvalue weighted by atomic mass is 16.4. The second-order valence-electron chi connectivity index (χ2n) is 6.84. The number of nitrogens with zero attached hydrogens (tertiary/aromatic N) is 1. The van der Waals surface area contributed by atoms with Crippen LogP contribution in [0.1, 0.15) is 62.0 Å². The minimum atomic E-state index is -0.854. The Kier molecular flexibility index (Phi) is 4.13. The van der Waals surface area contributed by atoms with E-state index >= 15 is 0 Å². The van der Waals surface area contributed by atoms with Crippen LogP contribution in [0.4, 0.5) is 0 Å². The molecule has 0 amide bonds. The molecule has 0 radical (unpaired) electrons. The van der Waals surface area contributed by atoms with Crippen molar-refractivity contribution < 1.29 is 9.90 Å². The first-order chi connectivity index (χ1) is 9.75. The summed E-state index contributed by atoms with van der Waals surface area (Å²) in [6.45, 7) is 8.57. The van der Waals surface area contributed by atoms with E-state index in [4.69, 9.17) is 0 Å². The molecular weight excluding hydrogens is 262 g/mol. The van der Waals surface area contributed by atoms with E-state index in [1.165, 1.54) is 11.1 Å². The number of aryl methyl sites for hydroxylation is 2. The van der Waals surface area contributed by atoms with Crippen molar-refractivity contribution in [2.45, 2.75) is 52.4 Å². The molecule has 1 heterocycles. The number of rotatable bonds is 4. The number of aromatic nitrogens is 1. The molecule has 21 heavy (non-hydrogen) atoms. The number of carbonyl (C=O) groups is 1. The molecule has 3 nitrogen and oxygen atoms in total. The van der Waals surface area contributed by atoms with E-state index in [0.717, 1.165) is 30.2 Å². The van der Waals surface area contributed by atoms with Crippen molar-refractivity contribution in [2.24, 2.45) is 7.05 Å². The predicted molar refractivity (Wildman–Crippen MR) is 87.2 cm³/mol. The highest BCUT2D eigenvalue weighted by Gasteiger charge is 2.22. The Balaban J connectivity index is 2.77. The number of carboxylic acids is 1. The fraction of sp³-hybridized carbons (Fsp3) is 0.500. The van der Waals surface area contributed by atoms with Gasteiger partial charge < -0.3 is 9.67 Å². The third kappa shape index (κ3) is 2.97. The standard InChI is InChI=1S/C18H25NO2/c1-6-7-8-12-11-19(5)16-14(12)9-13(17(20)21)10-15(16)18(2,3)4/h9-11H,6-8H2,1-5H3,(H,20,21). The minimum Gasteiger partial charge on any atom is -0.478 e. The van der Waals surface area contributed by atoms with Gasteiger partial charge in [0.1, 0.15) is 0 Å². The van der Waals surface area contributed by atoms with Gasteiger partial charge in [-0.05, 0) is 41.5 Å². The maximum Gasteiger partial charge on any atom is 0.335 e. The van der Waals surface area contributed by atoms with E-state index < -0.39 is 5.97 Å². The van der Waals surface area contributed by atoms with Crippen LogP contribution in [0.5, 0.6) is 0 Å². The molecule has 1 N–H and O–H groups in total. The predicted octanol–water partition coefficient (Wildman–Crippen LogP) is 4.52. The molecule has 0 aliphatic rings. The lowest BCUT2D eigenvalue weighted by atomic mass is 9.84. The molecule has 0 aliphatic carbocycles. The van der Waals surface area contributed by atoms with Crippen molar-refractivity contribution in [1.82, 2.24) is 4.57 Å². The number of benzene rings is 1. The summed E-state index contributed by atoms with van der Waals surface area (Å²) in [6, 6.07) is 3.66. The summed E-state index contributed by atoms with van der Waals surface area (Å²) in [7, 11) is 2.05. The molecule has 1 aromatic heterocycles. The van der Waals surface area contributed by atoms with Gasteiger partial charge in [0.15, 0.2) is 0 Å². The van der Waals surface area contributed by atoms with Crippen LogP contribution in [-0.2, 0) is 18.9 Å². The zero-order valence-electron chi connectivity index (χ0n) is 13.7. The normalized spacial score (nSPS) is 12.0. The quantitative estimate of drug-likeness (QED) is 0.898. The summed E-state index contributed by atoms with van der Waals surface area (Å²) in [5.41, 5.74) is 3.82. The van der Waals surface area contributed by atoms with Crippen molar-refractivity contribution >= 4 is 16.9 Å². The first-order valence-electron chi connectivity index (χ1n) is 7.61. The van der Waals surface area contributed by atoms with Gasteiger partial charge in [0.25, 0.3) is 0 Å². The summed E-state index contributed by atoms with van der Waals surface area (Å²) in [5, 5.41) is 10.5. The van der Waals surface area contributed by atoms with Crippen LogP contribution in [0.2, 0.25) is 0 Å². The number of hydrogen-bond acceptors (Lipinski definition) is 1. The molecule has 0 saturated heterocycles. The lowest BCUT2D eigenvalue weighted by Crippen LogP contribution is -2.14. The molecule has 1 aromatic carbocycles. The van der Waals surface area contributed by atoms with Crippen molar-refractivity contribution in [3.63, 3.8) is 0 Å². The number of fused-ring (bicyclic) bond motifs is 1. The van der Waals surface area contributed by atoms with Crippen LogP contribution in [-0.4, -0.2) is 15.6 Å². The monoisotopic (exact) mass is 287 g/mol. The van der Waals surface area contributed by atoms with E-state index in [1.807, 2.05) is 19.2 Å². The first-order valence-corrected chi connectivity index (χ1v) is 7.61. The lowest BCUT2D eigenvalue weighted by Gasteiger charge is -2.22. The number of hydrogen-bond donors (Lipinski definition) is 1. The first kappa shape index (κ1) is 15.6. The summed E-state index contributed by atoms with van der Waals surface area (Å²) < 4.78 is 2.15. The second kappa shape index (κ2) is 5.55. The smallest absolute Gasteiger partial charge is 0.335 e. The highest BCUT2D eigenvalue weighted by Crippen LogP contribution is 2.34. The minimum absolute atomic E-state index is 0.0855. The van der Waals surface area contributed by atoms with E-state index in [9.17, 15) is 9.90 Å². The Labute approximate surface area is 126 Å². The summed E-state index contributed by atoms with van der Waals surface area (Å²) in [6.07, 6.45) is 5.42. The molecule has 0 saturated carbocycles. The van der Waals surface area contributed by atoms with Crippen molar-refractivity contribution in [2.75, 3.05) is 0 Å². The molecular formula is C18H25NO2. The van der Waals surface area contributed by atoms with Gasteiger partial charge >= 0.3 is 5.97 Å². The number of unbranched alkanes of at least 4 members (excludes halogenated alkanes) is 1. The zero-order chi connectivity index (χ0) is 15.8. The highest BCUT2D eigenvalue weighted by molar-refractivity contribution is 5.97. The van der Waals surface area contributed by atoms with Crippen molar-refractivity contribution in [3.05, 3.63) is 35.0 Å². The Morgan fingerprint density at radius 2 is 1.95 bits per heavy atom. The number of carboxylic acid groups (broad SMARTS) is 1. The molecule has 0 aliphatic heterocycles. The molecule has 2 aromatic rings. The average molecular weight is 287 g/mol. The van der Waals surface area contributed by atoms with Gasteiger partial charge in [0.05, 0.1) is 11.1 Å². The third-order valence-corrected chi connectivity index (χ3v) is 4.01. The van der Waals surface area contributed by atoms with Crippen LogP contribution < -0.4 is 0 Å². The summed E-state index contributed by atoms with van der Waals surface area (Å²) in [4.78, 5) is 11.4. The molecule has 114 valence electrons. The van der Waals surface area contributed by atoms with Crippen LogP contribution in [0, 0.1) is 0 Å². The van der Waals surface area contributed by atoms with E-state index in [2.05, 4.69) is 38.5 Å². The summed E-state index contributed by atoms with van der Waals surface area (Å²) in [5.74, 6) is -0.854. The van der Waals surface area contributed by atoms with Gasteiger partial charge in [-0.2, -0.15) is 0 Å². The van der Waals surface area contributed by atoms with Gasteiger partial charge in [-0.15, -0.1) is 0 Å². The van der Waals surface area contributed by atoms with Crippen LogP contribution in [0.3, 0.4) is 0 Å². The van der Waals surface area contributed by atoms with E-state index in [1.54, 1.807) is 0 Å². The lowest BCUT2D eigenvalue weighted by molar-refractivity contribution is 0.0697. The molecule has 0 atom stereocenters. The zero-order valence-corrected chi connectivity index (χ0v) is 13.7. The van der Waals surface area contributed by atoms with Crippen LogP contribution >= 0.6 is 0 Å². The topological polar surface area (TPSA) is 42.2 Å². The maximum atomic E-state index is 11.4. The summed E-state index contributed by atoms with van der Waals surface area (Å²) >= 11 is 0. The Bertz CT molecular complexity index is 675. The van der Waals surface area contributed by atoms with Gasteiger partial charge in [-0.1, -0.05) is 34.1 Å². The van der Waals surface area contributed by atoms with Gasteiger partial charge in [0.2, 0.25) is 0 Å². The van der Waals surface area contributed by atoms with Crippen molar-refractivity contribution in [1.29, 1.82) is 0 Å². The van der Waals surface area contributed by atoms with Crippen LogP contribution in [0.25, 0.3) is 10.9 Å². The Morgan fingerprint density at radius 3 is 2.48 bits per heavy atom. The van der Waals surface area contributed by atoms with Gasteiger partial charge in [0, 0.05) is 18.6 Å². The molecule has 0 spiro atoms. The van der Waals surface area contributed by atoms with Gasteiger partial charge in [-0.3, -0.25) is 0 Å². The van der Waals surface area contributed by atoms with E-state index in [-0.39, 0.29) is 5.41 Å². The maximum absolute atomic E-state index is 11.4. The molecule has 0 unspecified atom stereocenters. The fourth-order valence-electron chi connectivity index (χ4n) is 2.89.